The monoisotopic (exact) mass is 296 g/mol. The first-order valence-corrected chi connectivity index (χ1v) is 7.60. The molecule has 0 fully saturated rings. The largest absolute Gasteiger partial charge is 0.501 e. The lowest BCUT2D eigenvalue weighted by molar-refractivity contribution is -0.0457. The molecule has 3 heteroatoms. The Labute approximate surface area is 130 Å². The van der Waals surface area contributed by atoms with E-state index in [-0.39, 0.29) is 5.41 Å². The van der Waals surface area contributed by atoms with Gasteiger partial charge in [-0.25, -0.2) is 0 Å². The average molecular weight is 296 g/mol. The Morgan fingerprint density at radius 3 is 1.71 bits per heavy atom. The van der Waals surface area contributed by atoms with Crippen molar-refractivity contribution in [2.75, 3.05) is 33.0 Å². The van der Waals surface area contributed by atoms with Gasteiger partial charge in [0.1, 0.15) is 0 Å². The highest BCUT2D eigenvalue weighted by atomic mass is 16.5. The van der Waals surface area contributed by atoms with Crippen LogP contribution >= 0.6 is 0 Å². The summed E-state index contributed by atoms with van der Waals surface area (Å²) in [5.74, 6) is 0. The lowest BCUT2D eigenvalue weighted by atomic mass is 9.88. The van der Waals surface area contributed by atoms with Crippen LogP contribution in [0, 0.1) is 5.41 Å². The van der Waals surface area contributed by atoms with Gasteiger partial charge in [-0.3, -0.25) is 0 Å². The van der Waals surface area contributed by atoms with E-state index in [0.29, 0.717) is 33.0 Å². The van der Waals surface area contributed by atoms with E-state index in [1.54, 1.807) is 0 Å². The van der Waals surface area contributed by atoms with Gasteiger partial charge < -0.3 is 14.2 Å². The summed E-state index contributed by atoms with van der Waals surface area (Å²) in [6.07, 6.45) is 6.58. The van der Waals surface area contributed by atoms with E-state index in [9.17, 15) is 0 Å². The van der Waals surface area contributed by atoms with Gasteiger partial charge in [0.25, 0.3) is 0 Å². The lowest BCUT2D eigenvalue weighted by Crippen LogP contribution is -2.36. The Morgan fingerprint density at radius 2 is 1.38 bits per heavy atom. The van der Waals surface area contributed by atoms with E-state index >= 15 is 0 Å². The molecule has 0 aromatic carbocycles. The zero-order valence-corrected chi connectivity index (χ0v) is 14.4. The first kappa shape index (κ1) is 19.9. The fourth-order valence-corrected chi connectivity index (χ4v) is 1.67. The molecule has 3 nitrogen and oxygen atoms in total. The third-order valence-corrected chi connectivity index (χ3v) is 3.29. The Bertz CT molecular complexity index is 310. The fourth-order valence-electron chi connectivity index (χ4n) is 1.67. The molecule has 21 heavy (non-hydrogen) atoms. The summed E-state index contributed by atoms with van der Waals surface area (Å²) < 4.78 is 17.0. The second-order valence-corrected chi connectivity index (χ2v) is 5.92. The number of ether oxygens (including phenoxy) is 3. The molecule has 0 amide bonds. The first-order valence-electron chi connectivity index (χ1n) is 7.60. The van der Waals surface area contributed by atoms with Crippen LogP contribution in [0.5, 0.6) is 0 Å². The van der Waals surface area contributed by atoms with Crippen molar-refractivity contribution in [3.8, 4) is 0 Å². The topological polar surface area (TPSA) is 27.7 Å². The van der Waals surface area contributed by atoms with E-state index in [1.807, 2.05) is 0 Å². The Morgan fingerprint density at radius 1 is 0.905 bits per heavy atom. The van der Waals surface area contributed by atoms with Crippen molar-refractivity contribution >= 4 is 0 Å². The van der Waals surface area contributed by atoms with Gasteiger partial charge in [0, 0.05) is 0 Å². The molecule has 0 heterocycles. The van der Waals surface area contributed by atoms with Crippen molar-refractivity contribution in [3.63, 3.8) is 0 Å². The third kappa shape index (κ3) is 10.3. The first-order chi connectivity index (χ1) is 9.95. The number of rotatable bonds is 12. The van der Waals surface area contributed by atoms with Crippen molar-refractivity contribution in [3.05, 3.63) is 36.1 Å². The Balaban J connectivity index is 4.46. The molecule has 0 radical (unpaired) electrons. The molecule has 0 aliphatic carbocycles. The number of allylic oxidation sites excluding steroid dienone is 2. The fraction of sp³-hybridized carbons (Fsp3) is 0.667. The van der Waals surface area contributed by atoms with Crippen molar-refractivity contribution in [1.29, 1.82) is 0 Å². The molecular formula is C18H32O3. The van der Waals surface area contributed by atoms with E-state index in [4.69, 9.17) is 14.2 Å². The minimum atomic E-state index is -0.126. The van der Waals surface area contributed by atoms with E-state index in [0.717, 1.165) is 6.42 Å². The summed E-state index contributed by atoms with van der Waals surface area (Å²) in [6, 6.07) is 0. The van der Waals surface area contributed by atoms with Gasteiger partial charge >= 0.3 is 0 Å². The van der Waals surface area contributed by atoms with Gasteiger partial charge in [-0.1, -0.05) is 36.8 Å². The van der Waals surface area contributed by atoms with Crippen LogP contribution in [-0.2, 0) is 14.2 Å². The molecular weight excluding hydrogens is 264 g/mol. The second kappa shape index (κ2) is 11.6. The molecule has 0 rings (SSSR count). The molecule has 0 bridgehead atoms. The normalized spacial score (nSPS) is 10.9. The third-order valence-electron chi connectivity index (χ3n) is 3.29. The average Bonchev–Trinajstić information content (AvgIpc) is 2.44. The highest BCUT2D eigenvalue weighted by Gasteiger charge is 2.29. The Hall–Kier alpha value is -1.06. The van der Waals surface area contributed by atoms with Crippen LogP contribution in [0.1, 0.15) is 41.0 Å². The summed E-state index contributed by atoms with van der Waals surface area (Å²) in [7, 11) is 0. The van der Waals surface area contributed by atoms with Crippen LogP contribution < -0.4 is 0 Å². The molecule has 122 valence electrons. The zero-order chi connectivity index (χ0) is 16.1. The molecule has 0 aromatic rings. The maximum absolute atomic E-state index is 5.79. The SMILES string of the molecule is C=COCC(CC)(COCC=C(C)C)COCC=C(C)C. The zero-order valence-electron chi connectivity index (χ0n) is 14.4. The van der Waals surface area contributed by atoms with E-state index < -0.39 is 0 Å². The van der Waals surface area contributed by atoms with Gasteiger partial charge in [0.2, 0.25) is 0 Å². The molecule has 0 aliphatic heterocycles. The van der Waals surface area contributed by atoms with Crippen LogP contribution in [0.3, 0.4) is 0 Å². The van der Waals surface area contributed by atoms with E-state index in [1.165, 1.54) is 17.4 Å². The standard InChI is InChI=1S/C18H32O3/c1-7-18(13-19-8-2,14-20-11-9-16(3)4)15-21-12-10-17(5)6/h8-10H,2,7,11-15H2,1,3-6H3. The van der Waals surface area contributed by atoms with Crippen molar-refractivity contribution < 1.29 is 14.2 Å². The van der Waals surface area contributed by atoms with Crippen molar-refractivity contribution in [2.45, 2.75) is 41.0 Å². The molecule has 0 unspecified atom stereocenters. The second-order valence-electron chi connectivity index (χ2n) is 5.92. The molecule has 0 saturated carbocycles. The minimum Gasteiger partial charge on any atom is -0.501 e. The Kier molecular flexibility index (Phi) is 11.0. The minimum absolute atomic E-state index is 0.126. The van der Waals surface area contributed by atoms with Crippen LogP contribution in [0.2, 0.25) is 0 Å². The maximum atomic E-state index is 5.79. The molecule has 0 aliphatic rings. The van der Waals surface area contributed by atoms with E-state index in [2.05, 4.69) is 53.3 Å². The smallest absolute Gasteiger partial charge is 0.0973 e. The molecule has 0 spiro atoms. The molecule has 0 saturated heterocycles. The van der Waals surface area contributed by atoms with Gasteiger partial charge in [-0.2, -0.15) is 0 Å². The molecule has 0 N–H and O–H groups in total. The number of hydrogen-bond acceptors (Lipinski definition) is 3. The molecule has 0 aromatic heterocycles. The van der Waals surface area contributed by atoms with Crippen LogP contribution in [-0.4, -0.2) is 33.0 Å². The lowest BCUT2D eigenvalue weighted by Gasteiger charge is -2.31. The van der Waals surface area contributed by atoms with Gasteiger partial charge in [0.15, 0.2) is 0 Å². The highest BCUT2D eigenvalue weighted by molar-refractivity contribution is 4.94. The van der Waals surface area contributed by atoms with Crippen molar-refractivity contribution in [1.82, 2.24) is 0 Å². The molecule has 0 atom stereocenters. The summed E-state index contributed by atoms with van der Waals surface area (Å²) in [5, 5.41) is 0. The highest BCUT2D eigenvalue weighted by Crippen LogP contribution is 2.24. The number of hydrogen-bond donors (Lipinski definition) is 0. The summed E-state index contributed by atoms with van der Waals surface area (Å²) >= 11 is 0. The predicted octanol–water partition coefficient (Wildman–Crippen LogP) is 4.51. The predicted molar refractivity (Wildman–Crippen MR) is 89.4 cm³/mol. The summed E-state index contributed by atoms with van der Waals surface area (Å²) in [4.78, 5) is 0. The quantitative estimate of drug-likeness (QED) is 0.301. The van der Waals surface area contributed by atoms with Gasteiger partial charge in [-0.15, -0.1) is 0 Å². The van der Waals surface area contributed by atoms with Crippen LogP contribution in [0.25, 0.3) is 0 Å². The van der Waals surface area contributed by atoms with Crippen LogP contribution in [0.4, 0.5) is 0 Å². The van der Waals surface area contributed by atoms with Gasteiger partial charge in [-0.05, 0) is 34.1 Å². The van der Waals surface area contributed by atoms with Gasteiger partial charge in [0.05, 0.1) is 44.7 Å². The van der Waals surface area contributed by atoms with Crippen molar-refractivity contribution in [2.24, 2.45) is 5.41 Å². The van der Waals surface area contributed by atoms with Crippen LogP contribution in [0.15, 0.2) is 36.1 Å². The maximum Gasteiger partial charge on any atom is 0.0973 e. The summed E-state index contributed by atoms with van der Waals surface area (Å²) in [5.41, 5.74) is 2.40. The summed E-state index contributed by atoms with van der Waals surface area (Å²) in [6.45, 7) is 17.1.